The maximum Gasteiger partial charge on any atom is 0.167 e. The van der Waals surface area contributed by atoms with Crippen molar-refractivity contribution in [2.45, 2.75) is 78.1 Å². The van der Waals surface area contributed by atoms with Crippen LogP contribution >= 0.6 is 0 Å². The lowest BCUT2D eigenvalue weighted by Gasteiger charge is -2.32. The third-order valence-electron chi connectivity index (χ3n) is 8.68. The van der Waals surface area contributed by atoms with Gasteiger partial charge in [-0.25, -0.2) is 0 Å². The van der Waals surface area contributed by atoms with Gasteiger partial charge in [0.2, 0.25) is 0 Å². The number of benzene rings is 2. The SMILES string of the molecule is CCCOc1ccc(C(=O)[C@H](CC[C@H](CN2CCCCC2)C(=O)c2ccc(OCCC)cc2)CN2CCCCC2)cc1. The number of ether oxygens (including phenoxy) is 2. The normalized spacial score (nSPS) is 17.9. The Hall–Kier alpha value is -2.70. The molecule has 2 heterocycles. The van der Waals surface area contributed by atoms with Crippen LogP contribution in [0.3, 0.4) is 0 Å². The Balaban J connectivity index is 1.49. The van der Waals surface area contributed by atoms with E-state index in [0.29, 0.717) is 26.1 Å². The van der Waals surface area contributed by atoms with Crippen LogP contribution in [0.25, 0.3) is 0 Å². The lowest BCUT2D eigenvalue weighted by molar-refractivity contribution is 0.0793. The quantitative estimate of drug-likeness (QED) is 0.184. The predicted molar refractivity (Wildman–Crippen MR) is 170 cm³/mol. The van der Waals surface area contributed by atoms with Crippen molar-refractivity contribution in [1.82, 2.24) is 9.80 Å². The molecule has 2 saturated heterocycles. The van der Waals surface area contributed by atoms with Crippen molar-refractivity contribution in [2.75, 3.05) is 52.5 Å². The Bertz CT molecular complexity index is 985. The van der Waals surface area contributed by atoms with Gasteiger partial charge in [0.15, 0.2) is 11.6 Å². The van der Waals surface area contributed by atoms with Gasteiger partial charge in [-0.3, -0.25) is 9.59 Å². The topological polar surface area (TPSA) is 59.1 Å². The molecule has 0 bridgehead atoms. The molecule has 0 aliphatic carbocycles. The second-order valence-electron chi connectivity index (χ2n) is 12.2. The van der Waals surface area contributed by atoms with E-state index >= 15 is 0 Å². The molecule has 0 aromatic heterocycles. The highest BCUT2D eigenvalue weighted by Crippen LogP contribution is 2.26. The lowest BCUT2D eigenvalue weighted by atomic mass is 9.85. The van der Waals surface area contributed by atoms with Crippen LogP contribution in [0, 0.1) is 11.8 Å². The number of likely N-dealkylation sites (tertiary alicyclic amines) is 2. The number of Topliss-reactive ketones (excluding diaryl/α,β-unsaturated/α-hetero) is 2. The molecule has 0 unspecified atom stereocenters. The lowest BCUT2D eigenvalue weighted by Crippen LogP contribution is -2.39. The fourth-order valence-electron chi connectivity index (χ4n) is 6.26. The van der Waals surface area contributed by atoms with Crippen molar-refractivity contribution in [3.8, 4) is 11.5 Å². The van der Waals surface area contributed by atoms with E-state index in [2.05, 4.69) is 23.6 Å². The summed E-state index contributed by atoms with van der Waals surface area (Å²) in [5, 5.41) is 0. The fraction of sp³-hybridized carbons (Fsp3) is 0.611. The molecule has 2 aromatic rings. The van der Waals surface area contributed by atoms with Crippen LogP contribution in [0.1, 0.15) is 98.8 Å². The van der Waals surface area contributed by atoms with Gasteiger partial charge in [-0.2, -0.15) is 0 Å². The standard InChI is InChI=1S/C36H52N2O4/c1-3-25-41-33-17-13-29(14-18-33)35(39)31(27-37-21-7-5-8-22-37)11-12-32(28-38-23-9-6-10-24-38)36(40)30-15-19-34(20-16-30)42-26-4-2/h13-20,31-32H,3-12,21-28H2,1-2H3/t31-,32-/m1/s1. The van der Waals surface area contributed by atoms with Crippen LogP contribution in [0.15, 0.2) is 48.5 Å². The maximum absolute atomic E-state index is 13.9. The number of carbonyl (C=O) groups excluding carboxylic acids is 2. The summed E-state index contributed by atoms with van der Waals surface area (Å²) < 4.78 is 11.5. The minimum Gasteiger partial charge on any atom is -0.494 e. The minimum atomic E-state index is -0.132. The summed E-state index contributed by atoms with van der Waals surface area (Å²) in [4.78, 5) is 32.8. The summed E-state index contributed by atoms with van der Waals surface area (Å²) in [6.45, 7) is 11.3. The molecule has 0 radical (unpaired) electrons. The first-order chi connectivity index (χ1) is 20.6. The largest absolute Gasteiger partial charge is 0.494 e. The Morgan fingerprint density at radius 3 is 1.29 bits per heavy atom. The smallest absolute Gasteiger partial charge is 0.167 e. The molecule has 6 nitrogen and oxygen atoms in total. The van der Waals surface area contributed by atoms with Gasteiger partial charge in [-0.1, -0.05) is 26.7 Å². The molecule has 6 heteroatoms. The Kier molecular flexibility index (Phi) is 13.4. The Labute approximate surface area is 253 Å². The van der Waals surface area contributed by atoms with E-state index in [-0.39, 0.29) is 23.4 Å². The molecule has 0 spiro atoms. The summed E-state index contributed by atoms with van der Waals surface area (Å²) in [6.07, 6.45) is 10.6. The maximum atomic E-state index is 13.9. The predicted octanol–water partition coefficient (Wildman–Crippen LogP) is 7.31. The van der Waals surface area contributed by atoms with Crippen LogP contribution in [-0.4, -0.2) is 73.8 Å². The van der Waals surface area contributed by atoms with Gasteiger partial charge in [0.25, 0.3) is 0 Å². The van der Waals surface area contributed by atoms with Gasteiger partial charge in [-0.15, -0.1) is 0 Å². The molecular weight excluding hydrogens is 524 g/mol. The zero-order valence-corrected chi connectivity index (χ0v) is 26.0. The highest BCUT2D eigenvalue weighted by molar-refractivity contribution is 5.99. The summed E-state index contributed by atoms with van der Waals surface area (Å²) >= 11 is 0. The van der Waals surface area contributed by atoms with Crippen molar-refractivity contribution in [3.05, 3.63) is 59.7 Å². The van der Waals surface area contributed by atoms with Gasteiger partial charge in [0.1, 0.15) is 11.5 Å². The van der Waals surface area contributed by atoms with Crippen LogP contribution in [0.4, 0.5) is 0 Å². The number of carbonyl (C=O) groups is 2. The van der Waals surface area contributed by atoms with Gasteiger partial charge >= 0.3 is 0 Å². The highest BCUT2D eigenvalue weighted by Gasteiger charge is 2.29. The average Bonchev–Trinajstić information content (AvgIpc) is 3.05. The number of rotatable bonds is 17. The van der Waals surface area contributed by atoms with Crippen LogP contribution < -0.4 is 9.47 Å². The van der Waals surface area contributed by atoms with Crippen molar-refractivity contribution in [1.29, 1.82) is 0 Å². The first kappa shape index (κ1) is 32.2. The van der Waals surface area contributed by atoms with E-state index in [4.69, 9.17) is 9.47 Å². The van der Waals surface area contributed by atoms with Gasteiger partial charge in [0, 0.05) is 36.1 Å². The zero-order valence-electron chi connectivity index (χ0n) is 26.0. The second-order valence-corrected chi connectivity index (χ2v) is 12.2. The molecule has 0 N–H and O–H groups in total. The Morgan fingerprint density at radius 1 is 0.595 bits per heavy atom. The van der Waals surface area contributed by atoms with Crippen molar-refractivity contribution < 1.29 is 19.1 Å². The van der Waals surface area contributed by atoms with Gasteiger partial charge in [0.05, 0.1) is 13.2 Å². The summed E-state index contributed by atoms with van der Waals surface area (Å²) in [6, 6.07) is 15.3. The monoisotopic (exact) mass is 576 g/mol. The van der Waals surface area contributed by atoms with Crippen molar-refractivity contribution in [3.63, 3.8) is 0 Å². The molecule has 2 fully saturated rings. The van der Waals surface area contributed by atoms with E-state index in [1.165, 1.54) is 38.5 Å². The number of ketones is 2. The summed E-state index contributed by atoms with van der Waals surface area (Å²) in [7, 11) is 0. The number of piperidine rings is 2. The van der Waals surface area contributed by atoms with E-state index in [1.54, 1.807) is 0 Å². The average molecular weight is 577 g/mol. The second kappa shape index (κ2) is 17.4. The van der Waals surface area contributed by atoms with E-state index < -0.39 is 0 Å². The van der Waals surface area contributed by atoms with E-state index in [0.717, 1.165) is 74.7 Å². The summed E-state index contributed by atoms with van der Waals surface area (Å²) in [5.41, 5.74) is 1.48. The van der Waals surface area contributed by atoms with Crippen molar-refractivity contribution >= 4 is 11.6 Å². The van der Waals surface area contributed by atoms with Crippen LogP contribution in [0.2, 0.25) is 0 Å². The molecule has 4 rings (SSSR count). The van der Waals surface area contributed by atoms with Crippen LogP contribution in [-0.2, 0) is 0 Å². The molecule has 0 amide bonds. The van der Waals surface area contributed by atoms with Crippen molar-refractivity contribution in [2.24, 2.45) is 11.8 Å². The molecule has 2 atom stereocenters. The Morgan fingerprint density at radius 2 is 0.952 bits per heavy atom. The third-order valence-corrected chi connectivity index (χ3v) is 8.68. The molecule has 2 aromatic carbocycles. The zero-order chi connectivity index (χ0) is 29.6. The third kappa shape index (κ3) is 9.95. The number of nitrogens with zero attached hydrogens (tertiary/aromatic N) is 2. The summed E-state index contributed by atoms with van der Waals surface area (Å²) in [5.74, 6) is 1.71. The first-order valence-corrected chi connectivity index (χ1v) is 16.6. The fourth-order valence-corrected chi connectivity index (χ4v) is 6.26. The van der Waals surface area contributed by atoms with Gasteiger partial charge in [-0.05, 0) is 126 Å². The molecule has 2 aliphatic rings. The molecule has 0 saturated carbocycles. The molecule has 2 aliphatic heterocycles. The molecular formula is C36H52N2O4. The van der Waals surface area contributed by atoms with Crippen LogP contribution in [0.5, 0.6) is 11.5 Å². The molecule has 230 valence electrons. The van der Waals surface area contributed by atoms with Gasteiger partial charge < -0.3 is 19.3 Å². The molecule has 42 heavy (non-hydrogen) atoms. The number of hydrogen-bond acceptors (Lipinski definition) is 6. The van der Waals surface area contributed by atoms with E-state index in [1.807, 2.05) is 48.5 Å². The highest BCUT2D eigenvalue weighted by atomic mass is 16.5. The number of hydrogen-bond donors (Lipinski definition) is 0. The first-order valence-electron chi connectivity index (χ1n) is 16.6. The van der Waals surface area contributed by atoms with E-state index in [9.17, 15) is 9.59 Å². The minimum absolute atomic E-state index is 0.132.